The van der Waals surface area contributed by atoms with E-state index in [9.17, 15) is 8.42 Å². The Bertz CT molecular complexity index is 329. The van der Waals surface area contributed by atoms with Gasteiger partial charge in [0.2, 0.25) is 10.0 Å². The first-order valence-electron chi connectivity index (χ1n) is 6.37. The zero-order valence-electron chi connectivity index (χ0n) is 11.3. The van der Waals surface area contributed by atoms with Gasteiger partial charge in [-0.15, -0.1) is 0 Å². The van der Waals surface area contributed by atoms with Crippen molar-refractivity contribution in [1.82, 2.24) is 4.72 Å². The minimum absolute atomic E-state index is 0.0439. The molecule has 0 spiro atoms. The number of sulfonamides is 1. The lowest BCUT2D eigenvalue weighted by Crippen LogP contribution is -2.44. The lowest BCUT2D eigenvalue weighted by Gasteiger charge is -2.33. The molecule has 0 aliphatic heterocycles. The van der Waals surface area contributed by atoms with Gasteiger partial charge >= 0.3 is 0 Å². The van der Waals surface area contributed by atoms with Crippen molar-refractivity contribution in [3.05, 3.63) is 0 Å². The Morgan fingerprint density at radius 2 is 2.00 bits per heavy atom. The standard InChI is InChI=1S/C12H25NO3S/c1-9-5-6-12(10(2)7-9)13-17(14,15)8-11(3)16-4/h9-13H,5-8H2,1-4H3/t9-,10+,11+,12+/m0/s1. The van der Waals surface area contributed by atoms with Crippen molar-refractivity contribution in [2.45, 2.75) is 52.2 Å². The molecule has 0 amide bonds. The van der Waals surface area contributed by atoms with Crippen LogP contribution < -0.4 is 4.72 Å². The molecule has 1 aliphatic rings. The van der Waals surface area contributed by atoms with Crippen molar-refractivity contribution in [2.75, 3.05) is 12.9 Å². The van der Waals surface area contributed by atoms with Crippen molar-refractivity contribution in [3.8, 4) is 0 Å². The summed E-state index contributed by atoms with van der Waals surface area (Å²) in [5.74, 6) is 1.18. The third-order valence-electron chi connectivity index (χ3n) is 3.62. The molecule has 0 bridgehead atoms. The first-order chi connectivity index (χ1) is 7.84. The Labute approximate surface area is 105 Å². The van der Waals surface area contributed by atoms with Gasteiger partial charge in [-0.05, 0) is 38.0 Å². The minimum atomic E-state index is -3.22. The van der Waals surface area contributed by atoms with Gasteiger partial charge in [0.25, 0.3) is 0 Å². The van der Waals surface area contributed by atoms with Crippen LogP contribution in [0.3, 0.4) is 0 Å². The highest BCUT2D eigenvalue weighted by Gasteiger charge is 2.29. The van der Waals surface area contributed by atoms with Gasteiger partial charge in [0.1, 0.15) is 0 Å². The summed E-state index contributed by atoms with van der Waals surface area (Å²) in [5.41, 5.74) is 0. The summed E-state index contributed by atoms with van der Waals surface area (Å²) in [5, 5.41) is 0. The maximum atomic E-state index is 11.9. The van der Waals surface area contributed by atoms with E-state index < -0.39 is 10.0 Å². The van der Waals surface area contributed by atoms with Crippen LogP contribution in [0.1, 0.15) is 40.0 Å². The van der Waals surface area contributed by atoms with E-state index in [0.717, 1.165) is 19.3 Å². The summed E-state index contributed by atoms with van der Waals surface area (Å²) in [6, 6.07) is 0.0975. The quantitative estimate of drug-likeness (QED) is 0.822. The molecule has 0 unspecified atom stereocenters. The van der Waals surface area contributed by atoms with E-state index in [0.29, 0.717) is 11.8 Å². The molecule has 1 aliphatic carbocycles. The largest absolute Gasteiger partial charge is 0.381 e. The van der Waals surface area contributed by atoms with Crippen LogP contribution in [0.4, 0.5) is 0 Å². The van der Waals surface area contributed by atoms with Crippen molar-refractivity contribution < 1.29 is 13.2 Å². The van der Waals surface area contributed by atoms with Gasteiger partial charge < -0.3 is 4.74 Å². The van der Waals surface area contributed by atoms with Crippen LogP contribution in [0.5, 0.6) is 0 Å². The maximum Gasteiger partial charge on any atom is 0.214 e. The molecule has 1 rings (SSSR count). The molecular formula is C12H25NO3S. The van der Waals surface area contributed by atoms with Gasteiger partial charge in [-0.1, -0.05) is 13.8 Å². The Hall–Kier alpha value is -0.130. The molecule has 1 saturated carbocycles. The molecule has 0 aromatic heterocycles. The minimum Gasteiger partial charge on any atom is -0.381 e. The summed E-state index contributed by atoms with van der Waals surface area (Å²) in [7, 11) is -1.69. The molecule has 4 atom stereocenters. The van der Waals surface area contributed by atoms with Crippen LogP contribution in [0.15, 0.2) is 0 Å². The predicted octanol–water partition coefficient (Wildman–Crippen LogP) is 1.77. The highest BCUT2D eigenvalue weighted by Crippen LogP contribution is 2.28. The lowest BCUT2D eigenvalue weighted by atomic mass is 9.80. The molecule has 1 N–H and O–H groups in total. The SMILES string of the molecule is CO[C@H](C)CS(=O)(=O)N[C@@H]1CC[C@H](C)C[C@H]1C. The fourth-order valence-corrected chi connectivity index (χ4v) is 4.16. The molecule has 4 nitrogen and oxygen atoms in total. The van der Waals surface area contributed by atoms with Crippen LogP contribution >= 0.6 is 0 Å². The van der Waals surface area contributed by atoms with Crippen molar-refractivity contribution in [3.63, 3.8) is 0 Å². The molecule has 0 saturated heterocycles. The van der Waals surface area contributed by atoms with Crippen LogP contribution in [-0.2, 0) is 14.8 Å². The normalized spacial score (nSPS) is 32.4. The van der Waals surface area contributed by atoms with Gasteiger partial charge in [0.15, 0.2) is 0 Å². The second kappa shape index (κ2) is 6.16. The number of hydrogen-bond acceptors (Lipinski definition) is 3. The maximum absolute atomic E-state index is 11.9. The van der Waals surface area contributed by atoms with E-state index in [-0.39, 0.29) is 17.9 Å². The first kappa shape index (κ1) is 14.9. The van der Waals surface area contributed by atoms with Crippen LogP contribution in [0.25, 0.3) is 0 Å². The smallest absolute Gasteiger partial charge is 0.214 e. The fourth-order valence-electron chi connectivity index (χ4n) is 2.50. The zero-order chi connectivity index (χ0) is 13.1. The Morgan fingerprint density at radius 3 is 2.53 bits per heavy atom. The van der Waals surface area contributed by atoms with Gasteiger partial charge in [0.05, 0.1) is 11.9 Å². The lowest BCUT2D eigenvalue weighted by molar-refractivity contribution is 0.135. The number of rotatable bonds is 5. The summed E-state index contributed by atoms with van der Waals surface area (Å²) in [6.07, 6.45) is 2.90. The van der Waals surface area contributed by atoms with Crippen molar-refractivity contribution >= 4 is 10.0 Å². The van der Waals surface area contributed by atoms with Gasteiger partial charge in [-0.3, -0.25) is 0 Å². The third-order valence-corrected chi connectivity index (χ3v) is 5.19. The topological polar surface area (TPSA) is 55.4 Å². The zero-order valence-corrected chi connectivity index (χ0v) is 12.1. The number of nitrogens with one attached hydrogen (secondary N) is 1. The molecule has 0 radical (unpaired) electrons. The van der Waals surface area contributed by atoms with E-state index >= 15 is 0 Å². The van der Waals surface area contributed by atoms with Gasteiger partial charge in [0, 0.05) is 13.2 Å². The third kappa shape index (κ3) is 4.94. The van der Waals surface area contributed by atoms with Gasteiger partial charge in [-0.2, -0.15) is 0 Å². The number of hydrogen-bond donors (Lipinski definition) is 1. The summed E-state index contributed by atoms with van der Waals surface area (Å²) >= 11 is 0. The van der Waals surface area contributed by atoms with Crippen LogP contribution in [0, 0.1) is 11.8 Å². The number of ether oxygens (including phenoxy) is 1. The molecule has 1 fully saturated rings. The Balaban J connectivity index is 2.53. The second-order valence-corrected chi connectivity index (χ2v) is 7.25. The van der Waals surface area contributed by atoms with Crippen LogP contribution in [-0.4, -0.2) is 33.4 Å². The Morgan fingerprint density at radius 1 is 1.35 bits per heavy atom. The summed E-state index contributed by atoms with van der Waals surface area (Å²) in [6.45, 7) is 6.13. The van der Waals surface area contributed by atoms with E-state index in [1.807, 2.05) is 0 Å². The summed E-state index contributed by atoms with van der Waals surface area (Å²) < 4.78 is 31.6. The second-order valence-electron chi connectivity index (χ2n) is 5.45. The van der Waals surface area contributed by atoms with E-state index in [2.05, 4.69) is 18.6 Å². The van der Waals surface area contributed by atoms with E-state index in [1.165, 1.54) is 7.11 Å². The Kier molecular flexibility index (Phi) is 5.41. The van der Waals surface area contributed by atoms with Crippen molar-refractivity contribution in [1.29, 1.82) is 0 Å². The predicted molar refractivity (Wildman–Crippen MR) is 69.4 cm³/mol. The average Bonchev–Trinajstić information content (AvgIpc) is 2.21. The first-order valence-corrected chi connectivity index (χ1v) is 8.02. The molecule has 0 aromatic carbocycles. The van der Waals surface area contributed by atoms with Crippen molar-refractivity contribution in [2.24, 2.45) is 11.8 Å². The highest BCUT2D eigenvalue weighted by atomic mass is 32.2. The molecule has 0 aromatic rings. The average molecular weight is 263 g/mol. The highest BCUT2D eigenvalue weighted by molar-refractivity contribution is 7.89. The molecule has 5 heteroatoms. The molecule has 102 valence electrons. The monoisotopic (exact) mass is 263 g/mol. The molecular weight excluding hydrogens is 238 g/mol. The van der Waals surface area contributed by atoms with E-state index in [4.69, 9.17) is 4.74 Å². The summed E-state index contributed by atoms with van der Waals surface area (Å²) in [4.78, 5) is 0. The number of methoxy groups -OCH3 is 1. The van der Waals surface area contributed by atoms with Crippen LogP contribution in [0.2, 0.25) is 0 Å². The molecule has 0 heterocycles. The fraction of sp³-hybridized carbons (Fsp3) is 1.00. The van der Waals surface area contributed by atoms with Gasteiger partial charge in [-0.25, -0.2) is 13.1 Å². The van der Waals surface area contributed by atoms with E-state index in [1.54, 1.807) is 6.92 Å². The molecule has 17 heavy (non-hydrogen) atoms.